The molecule has 23 heavy (non-hydrogen) atoms. The van der Waals surface area contributed by atoms with Crippen LogP contribution in [0.15, 0.2) is 0 Å². The van der Waals surface area contributed by atoms with Crippen LogP contribution in [0.2, 0.25) is 0 Å². The van der Waals surface area contributed by atoms with E-state index in [0.717, 1.165) is 0 Å². The van der Waals surface area contributed by atoms with Gasteiger partial charge in [-0.25, -0.2) is 22.8 Å². The molecular weight excluding hydrogens is 457 g/mol. The second kappa shape index (κ2) is 10.3. The van der Waals surface area contributed by atoms with Gasteiger partial charge >= 0.3 is 98.2 Å². The Morgan fingerprint density at radius 1 is 0.478 bits per heavy atom. The Labute approximate surface area is 174 Å². The fraction of sp³-hybridized carbons (Fsp3) is 0. The Morgan fingerprint density at radius 2 is 0.652 bits per heavy atom. The Hall–Kier alpha value is 2.71. The third kappa shape index (κ3) is 17.9. The summed E-state index contributed by atoms with van der Waals surface area (Å²) in [5.74, 6) is 0. The van der Waals surface area contributed by atoms with E-state index in [1.807, 2.05) is 0 Å². The zero-order chi connectivity index (χ0) is 17.3. The SMILES string of the molecule is O=P(O)(O)OP(=O)(O)OP(=O)(O)OP(=O)(O)OP(=O)(O)O.[H-].[H-].[Na+].[Na+]. The molecule has 0 aromatic heterocycles. The molecular formula is H9Na2O16P5. The molecule has 2 unspecified atom stereocenters. The van der Waals surface area contributed by atoms with Gasteiger partial charge in [0, 0.05) is 0 Å². The summed E-state index contributed by atoms with van der Waals surface area (Å²) >= 11 is 0. The van der Waals surface area contributed by atoms with Gasteiger partial charge in [-0.2, -0.15) is 17.2 Å². The minimum absolute atomic E-state index is 0. The molecule has 0 amide bonds. The zero-order valence-corrected chi connectivity index (χ0v) is 19.5. The van der Waals surface area contributed by atoms with Gasteiger partial charge in [-0.15, -0.1) is 0 Å². The van der Waals surface area contributed by atoms with Crippen LogP contribution in [-0.2, 0) is 40.1 Å². The summed E-state index contributed by atoms with van der Waals surface area (Å²) in [4.78, 5) is 58.7. The van der Waals surface area contributed by atoms with E-state index in [0.29, 0.717) is 0 Å². The molecule has 7 N–H and O–H groups in total. The molecule has 0 spiro atoms. The number of hydrogen-bond acceptors (Lipinski definition) is 9. The Morgan fingerprint density at radius 3 is 0.826 bits per heavy atom. The molecule has 2 atom stereocenters. The molecule has 132 valence electrons. The summed E-state index contributed by atoms with van der Waals surface area (Å²) in [5, 5.41) is 0. The first-order valence-corrected chi connectivity index (χ1v) is 11.3. The average molecular weight is 466 g/mol. The smallest absolute Gasteiger partial charge is 1.00 e. The summed E-state index contributed by atoms with van der Waals surface area (Å²) in [6.07, 6.45) is 0. The van der Waals surface area contributed by atoms with Crippen LogP contribution in [-0.4, -0.2) is 34.3 Å². The number of rotatable bonds is 8. The summed E-state index contributed by atoms with van der Waals surface area (Å²) in [6.45, 7) is 0. The van der Waals surface area contributed by atoms with Crippen molar-refractivity contribution >= 4 is 39.1 Å². The molecule has 0 aromatic rings. The van der Waals surface area contributed by atoms with Gasteiger partial charge < -0.3 is 37.1 Å². The van der Waals surface area contributed by atoms with E-state index in [1.165, 1.54) is 0 Å². The Bertz CT molecular complexity index is 566. The van der Waals surface area contributed by atoms with E-state index >= 15 is 0 Å². The first-order chi connectivity index (χ1) is 8.83. The fourth-order valence-corrected chi connectivity index (χ4v) is 5.97. The van der Waals surface area contributed by atoms with Gasteiger partial charge in [0.1, 0.15) is 0 Å². The van der Waals surface area contributed by atoms with Crippen molar-refractivity contribution < 1.29 is 136 Å². The van der Waals surface area contributed by atoms with E-state index in [-0.39, 0.29) is 62.0 Å². The fourth-order valence-electron chi connectivity index (χ4n) is 0.574. The minimum atomic E-state index is -6.07. The first kappa shape index (κ1) is 30.4. The Balaban J connectivity index is -0.000000333. The maximum atomic E-state index is 11.0. The molecule has 0 aliphatic rings. The van der Waals surface area contributed by atoms with E-state index in [9.17, 15) is 22.8 Å². The molecule has 23 heteroatoms. The normalized spacial score (nSPS) is 20.1. The Kier molecular flexibility index (Phi) is 13.6. The molecule has 16 nitrogen and oxygen atoms in total. The molecule has 0 bridgehead atoms. The van der Waals surface area contributed by atoms with Crippen LogP contribution in [0.5, 0.6) is 0 Å². The quantitative estimate of drug-likeness (QED) is 0.130. The molecule has 0 aliphatic carbocycles. The largest absolute Gasteiger partial charge is 1.00 e. The van der Waals surface area contributed by atoms with Crippen molar-refractivity contribution in [2.75, 3.05) is 0 Å². The van der Waals surface area contributed by atoms with Crippen molar-refractivity contribution in [2.24, 2.45) is 0 Å². The predicted molar refractivity (Wildman–Crippen MR) is 60.1 cm³/mol. The summed E-state index contributed by atoms with van der Waals surface area (Å²) < 4.78 is 65.6. The second-order valence-corrected chi connectivity index (χ2v) is 10.1. The molecule has 0 aromatic carbocycles. The molecule has 0 saturated carbocycles. The van der Waals surface area contributed by atoms with Crippen molar-refractivity contribution in [3.8, 4) is 0 Å². The van der Waals surface area contributed by atoms with Crippen molar-refractivity contribution in [1.29, 1.82) is 0 Å². The van der Waals surface area contributed by atoms with Crippen LogP contribution in [0, 0.1) is 0 Å². The van der Waals surface area contributed by atoms with Gasteiger partial charge in [-0.05, 0) is 0 Å². The maximum absolute atomic E-state index is 11.0. The van der Waals surface area contributed by atoms with E-state index in [2.05, 4.69) is 17.2 Å². The maximum Gasteiger partial charge on any atom is 1.00 e. The van der Waals surface area contributed by atoms with Crippen LogP contribution in [0.25, 0.3) is 0 Å². The van der Waals surface area contributed by atoms with Crippen LogP contribution in [0.3, 0.4) is 0 Å². The zero-order valence-electron chi connectivity index (χ0n) is 13.0. The molecule has 0 aliphatic heterocycles. The summed E-state index contributed by atoms with van der Waals surface area (Å²) in [7, 11) is -29.3. The van der Waals surface area contributed by atoms with Crippen LogP contribution in [0.4, 0.5) is 0 Å². The number of hydrogen-bond donors (Lipinski definition) is 7. The molecule has 0 heterocycles. The van der Waals surface area contributed by atoms with Gasteiger partial charge in [0.25, 0.3) is 0 Å². The number of phosphoric acid groups is 5. The van der Waals surface area contributed by atoms with Crippen molar-refractivity contribution in [1.82, 2.24) is 0 Å². The molecule has 0 saturated heterocycles. The van der Waals surface area contributed by atoms with E-state index in [4.69, 9.17) is 34.3 Å². The van der Waals surface area contributed by atoms with Gasteiger partial charge in [-0.3, -0.25) is 0 Å². The monoisotopic (exact) mass is 466 g/mol. The molecule has 0 radical (unpaired) electrons. The van der Waals surface area contributed by atoms with Gasteiger partial charge in [0.05, 0.1) is 0 Å². The van der Waals surface area contributed by atoms with Crippen LogP contribution >= 0.6 is 39.1 Å². The first-order valence-electron chi connectivity index (χ1n) is 3.77. The van der Waals surface area contributed by atoms with Gasteiger partial charge in [0.15, 0.2) is 0 Å². The molecule has 0 rings (SSSR count). The van der Waals surface area contributed by atoms with Crippen molar-refractivity contribution in [2.45, 2.75) is 0 Å². The van der Waals surface area contributed by atoms with E-state index < -0.39 is 39.1 Å². The van der Waals surface area contributed by atoms with Crippen molar-refractivity contribution in [3.63, 3.8) is 0 Å². The predicted octanol–water partition coefficient (Wildman–Crippen LogP) is -6.23. The second-order valence-electron chi connectivity index (χ2n) is 2.71. The summed E-state index contributed by atoms with van der Waals surface area (Å²) in [5.41, 5.74) is 0. The van der Waals surface area contributed by atoms with Crippen LogP contribution < -0.4 is 59.1 Å². The third-order valence-electron chi connectivity index (χ3n) is 0.832. The standard InChI is InChI=1S/2Na.H7O16P5.2H/c;;1-17(2,3)13-19(7,8)15-21(11,12)16-20(9,10)14-18(4,5)6;;/h;;(H,7,8)(H,9,10)(H,11,12)(H2,1,2,3)(H2,4,5,6);;/q2*+1;;2*-1. The summed E-state index contributed by atoms with van der Waals surface area (Å²) in [6, 6.07) is 0. The van der Waals surface area contributed by atoms with Crippen molar-refractivity contribution in [3.05, 3.63) is 0 Å². The minimum Gasteiger partial charge on any atom is -1.00 e. The van der Waals surface area contributed by atoms with Gasteiger partial charge in [-0.1, -0.05) is 0 Å². The topological polar surface area (TPSA) is 264 Å². The third-order valence-corrected chi connectivity index (χ3v) is 7.49. The van der Waals surface area contributed by atoms with Crippen LogP contribution in [0.1, 0.15) is 2.85 Å². The average Bonchev–Trinajstić information content (AvgIpc) is 1.83. The van der Waals surface area contributed by atoms with Gasteiger partial charge in [0.2, 0.25) is 0 Å². The van der Waals surface area contributed by atoms with E-state index in [1.54, 1.807) is 0 Å². The molecule has 0 fully saturated rings.